The van der Waals surface area contributed by atoms with E-state index in [0.717, 1.165) is 10.9 Å². The first-order chi connectivity index (χ1) is 8.24. The van der Waals surface area contributed by atoms with Crippen LogP contribution >= 0.6 is 15.9 Å². The lowest BCUT2D eigenvalue weighted by molar-refractivity contribution is 0.547. The molecule has 0 aromatic heterocycles. The third kappa shape index (κ3) is 6.23. The van der Waals surface area contributed by atoms with Crippen LogP contribution in [0.4, 0.5) is 0 Å². The van der Waals surface area contributed by atoms with Gasteiger partial charge in [0.1, 0.15) is 0 Å². The Balaban J connectivity index is 2.16. The molecule has 0 aliphatic carbocycles. The molecule has 0 amide bonds. The Kier molecular flexibility index (Phi) is 7.54. The predicted octanol–water partition coefficient (Wildman–Crippen LogP) is 5.20. The normalized spacial score (nSPS) is 12.6. The Labute approximate surface area is 114 Å². The lowest BCUT2D eigenvalue weighted by atomic mass is 10.0. The van der Waals surface area contributed by atoms with Crippen LogP contribution in [0.3, 0.4) is 0 Å². The first kappa shape index (κ1) is 14.7. The van der Waals surface area contributed by atoms with Crippen molar-refractivity contribution in [3.05, 3.63) is 34.3 Å². The van der Waals surface area contributed by atoms with Crippen LogP contribution in [0.25, 0.3) is 0 Å². The topological polar surface area (TPSA) is 26.0 Å². The van der Waals surface area contributed by atoms with Gasteiger partial charge in [0.2, 0.25) is 0 Å². The molecule has 0 fully saturated rings. The molecule has 0 aliphatic heterocycles. The summed E-state index contributed by atoms with van der Waals surface area (Å²) in [6.07, 6.45) is 9.11. The van der Waals surface area contributed by atoms with Crippen molar-refractivity contribution >= 4 is 15.9 Å². The van der Waals surface area contributed by atoms with E-state index >= 15 is 0 Å². The molecule has 96 valence electrons. The molecule has 0 saturated carbocycles. The minimum Gasteiger partial charge on any atom is -0.324 e. The minimum absolute atomic E-state index is 0.203. The average molecular weight is 298 g/mol. The fourth-order valence-electron chi connectivity index (χ4n) is 2.02. The van der Waals surface area contributed by atoms with Crippen LogP contribution in [0.2, 0.25) is 0 Å². The fourth-order valence-corrected chi connectivity index (χ4v) is 2.29. The van der Waals surface area contributed by atoms with Gasteiger partial charge in [0.05, 0.1) is 0 Å². The number of nitrogens with two attached hydrogens (primary N) is 1. The van der Waals surface area contributed by atoms with Gasteiger partial charge in [-0.25, -0.2) is 0 Å². The van der Waals surface area contributed by atoms with Crippen LogP contribution in [0.15, 0.2) is 28.7 Å². The minimum atomic E-state index is 0.203. The van der Waals surface area contributed by atoms with Crippen molar-refractivity contribution in [1.29, 1.82) is 0 Å². The van der Waals surface area contributed by atoms with E-state index in [1.54, 1.807) is 0 Å². The van der Waals surface area contributed by atoms with E-state index in [1.165, 1.54) is 44.1 Å². The molecule has 1 aromatic rings. The Hall–Kier alpha value is -0.340. The molecule has 0 aliphatic rings. The molecule has 0 radical (unpaired) electrons. The van der Waals surface area contributed by atoms with Crippen LogP contribution in [0.5, 0.6) is 0 Å². The molecule has 1 aromatic carbocycles. The average Bonchev–Trinajstić information content (AvgIpc) is 2.34. The third-order valence-corrected chi connectivity index (χ3v) is 3.70. The van der Waals surface area contributed by atoms with Gasteiger partial charge in [-0.3, -0.25) is 0 Å². The molecule has 0 heterocycles. The highest BCUT2D eigenvalue weighted by molar-refractivity contribution is 9.10. The standard InChI is InChI=1S/C15H24BrN/c1-2-3-4-5-6-7-8-15(17)13-9-11-14(16)12-10-13/h9-12,15H,2-8,17H2,1H3. The molecule has 1 atom stereocenters. The quantitative estimate of drug-likeness (QED) is 0.656. The van der Waals surface area contributed by atoms with Gasteiger partial charge in [0.15, 0.2) is 0 Å². The number of hydrogen-bond acceptors (Lipinski definition) is 1. The number of halogens is 1. The van der Waals surface area contributed by atoms with Gasteiger partial charge in [-0.1, -0.05) is 73.5 Å². The van der Waals surface area contributed by atoms with Crippen LogP contribution < -0.4 is 5.73 Å². The smallest absolute Gasteiger partial charge is 0.0294 e. The second-order valence-corrected chi connectivity index (χ2v) is 5.63. The molecule has 1 nitrogen and oxygen atoms in total. The monoisotopic (exact) mass is 297 g/mol. The number of unbranched alkanes of at least 4 members (excludes halogenated alkanes) is 5. The van der Waals surface area contributed by atoms with Gasteiger partial charge in [-0.15, -0.1) is 0 Å². The molecular weight excluding hydrogens is 274 g/mol. The summed E-state index contributed by atoms with van der Waals surface area (Å²) in [7, 11) is 0. The molecule has 1 rings (SSSR count). The lowest BCUT2D eigenvalue weighted by Gasteiger charge is -2.11. The van der Waals surface area contributed by atoms with Gasteiger partial charge < -0.3 is 5.73 Å². The summed E-state index contributed by atoms with van der Waals surface area (Å²) in [6, 6.07) is 8.57. The molecule has 1 unspecified atom stereocenters. The summed E-state index contributed by atoms with van der Waals surface area (Å²) in [5.41, 5.74) is 7.42. The Bertz CT molecular complexity index is 294. The molecule has 2 heteroatoms. The second-order valence-electron chi connectivity index (χ2n) is 4.71. The van der Waals surface area contributed by atoms with Crippen LogP contribution in [-0.4, -0.2) is 0 Å². The van der Waals surface area contributed by atoms with Crippen LogP contribution in [0.1, 0.15) is 63.5 Å². The van der Waals surface area contributed by atoms with Gasteiger partial charge >= 0.3 is 0 Å². The second kappa shape index (κ2) is 8.71. The zero-order valence-corrected chi connectivity index (χ0v) is 12.4. The van der Waals surface area contributed by atoms with Crippen molar-refractivity contribution in [2.75, 3.05) is 0 Å². The fraction of sp³-hybridized carbons (Fsp3) is 0.600. The van der Waals surface area contributed by atoms with Crippen molar-refractivity contribution in [1.82, 2.24) is 0 Å². The largest absolute Gasteiger partial charge is 0.324 e. The van der Waals surface area contributed by atoms with Crippen molar-refractivity contribution in [3.8, 4) is 0 Å². The molecule has 0 spiro atoms. The van der Waals surface area contributed by atoms with Gasteiger partial charge in [-0.2, -0.15) is 0 Å². The Morgan fingerprint density at radius 1 is 1.00 bits per heavy atom. The van der Waals surface area contributed by atoms with Gasteiger partial charge in [0, 0.05) is 10.5 Å². The van der Waals surface area contributed by atoms with Crippen molar-refractivity contribution in [2.45, 2.75) is 57.9 Å². The summed E-state index contributed by atoms with van der Waals surface area (Å²) in [4.78, 5) is 0. The maximum Gasteiger partial charge on any atom is 0.0294 e. The summed E-state index contributed by atoms with van der Waals surface area (Å²) in [6.45, 7) is 2.25. The van der Waals surface area contributed by atoms with Gasteiger partial charge in [-0.05, 0) is 24.1 Å². The lowest BCUT2D eigenvalue weighted by Crippen LogP contribution is -2.09. The van der Waals surface area contributed by atoms with Crippen LogP contribution in [-0.2, 0) is 0 Å². The van der Waals surface area contributed by atoms with Crippen LogP contribution in [0, 0.1) is 0 Å². The molecule has 2 N–H and O–H groups in total. The zero-order chi connectivity index (χ0) is 12.5. The highest BCUT2D eigenvalue weighted by Gasteiger charge is 2.04. The molecule has 0 saturated heterocycles. The number of benzene rings is 1. The highest BCUT2D eigenvalue weighted by atomic mass is 79.9. The van der Waals surface area contributed by atoms with Crippen molar-refractivity contribution in [3.63, 3.8) is 0 Å². The number of hydrogen-bond donors (Lipinski definition) is 1. The first-order valence-electron chi connectivity index (χ1n) is 6.75. The number of rotatable bonds is 8. The van der Waals surface area contributed by atoms with E-state index in [-0.39, 0.29) is 6.04 Å². The summed E-state index contributed by atoms with van der Waals surface area (Å²) in [5.74, 6) is 0. The van der Waals surface area contributed by atoms with E-state index in [4.69, 9.17) is 5.73 Å². The predicted molar refractivity (Wildman–Crippen MR) is 79.1 cm³/mol. The summed E-state index contributed by atoms with van der Waals surface area (Å²) < 4.78 is 1.12. The first-order valence-corrected chi connectivity index (χ1v) is 7.54. The zero-order valence-electron chi connectivity index (χ0n) is 10.8. The van der Waals surface area contributed by atoms with E-state index in [0.29, 0.717) is 0 Å². The molecule has 0 bridgehead atoms. The Morgan fingerprint density at radius 2 is 1.59 bits per heavy atom. The van der Waals surface area contributed by atoms with E-state index in [1.807, 2.05) is 0 Å². The summed E-state index contributed by atoms with van der Waals surface area (Å²) >= 11 is 3.44. The van der Waals surface area contributed by atoms with E-state index in [2.05, 4.69) is 47.1 Å². The highest BCUT2D eigenvalue weighted by Crippen LogP contribution is 2.20. The van der Waals surface area contributed by atoms with E-state index < -0.39 is 0 Å². The van der Waals surface area contributed by atoms with Crippen molar-refractivity contribution < 1.29 is 0 Å². The molecule has 17 heavy (non-hydrogen) atoms. The van der Waals surface area contributed by atoms with Crippen molar-refractivity contribution in [2.24, 2.45) is 5.73 Å². The van der Waals surface area contributed by atoms with E-state index in [9.17, 15) is 0 Å². The Morgan fingerprint density at radius 3 is 2.24 bits per heavy atom. The third-order valence-electron chi connectivity index (χ3n) is 3.17. The summed E-state index contributed by atoms with van der Waals surface area (Å²) in [5, 5.41) is 0. The molecular formula is C15H24BrN. The SMILES string of the molecule is CCCCCCCCC(N)c1ccc(Br)cc1. The van der Waals surface area contributed by atoms with Gasteiger partial charge in [0.25, 0.3) is 0 Å². The maximum absolute atomic E-state index is 6.17. The maximum atomic E-state index is 6.17.